The molecular formula is C11H19F3N2O3. The monoisotopic (exact) mass is 284 g/mol. The van der Waals surface area contributed by atoms with Crippen molar-refractivity contribution in [1.82, 2.24) is 10.2 Å². The van der Waals surface area contributed by atoms with E-state index in [0.717, 1.165) is 0 Å². The molecule has 1 rings (SSSR count). The maximum Gasteiger partial charge on any atom is 0.401 e. The van der Waals surface area contributed by atoms with E-state index in [1.807, 2.05) is 0 Å². The fraction of sp³-hybridized carbons (Fsp3) is 0.909. The van der Waals surface area contributed by atoms with E-state index in [9.17, 15) is 18.0 Å². The lowest BCUT2D eigenvalue weighted by molar-refractivity contribution is -0.139. The summed E-state index contributed by atoms with van der Waals surface area (Å²) in [7, 11) is 0. The molecule has 19 heavy (non-hydrogen) atoms. The molecule has 1 aliphatic rings. The molecular weight excluding hydrogens is 265 g/mol. The number of likely N-dealkylation sites (tertiary alicyclic amines) is 1. The van der Waals surface area contributed by atoms with Crippen molar-refractivity contribution < 1.29 is 28.2 Å². The fourth-order valence-electron chi connectivity index (χ4n) is 2.43. The van der Waals surface area contributed by atoms with E-state index in [-0.39, 0.29) is 18.9 Å². The van der Waals surface area contributed by atoms with Gasteiger partial charge in [0, 0.05) is 32.1 Å². The number of aliphatic hydroxyl groups is 1. The summed E-state index contributed by atoms with van der Waals surface area (Å²) in [6.45, 7) is 0.0698. The summed E-state index contributed by atoms with van der Waals surface area (Å²) in [5.41, 5.74) is 0. The van der Waals surface area contributed by atoms with E-state index in [1.54, 1.807) is 4.90 Å². The van der Waals surface area contributed by atoms with E-state index in [2.05, 4.69) is 5.32 Å². The lowest BCUT2D eigenvalue weighted by Gasteiger charge is -2.37. The van der Waals surface area contributed by atoms with Crippen LogP contribution in [0.1, 0.15) is 12.8 Å². The third-order valence-corrected chi connectivity index (χ3v) is 3.08. The number of piperidine rings is 1. The summed E-state index contributed by atoms with van der Waals surface area (Å²) in [6, 6.07) is -0.397. The number of β-amino-alcohol motifs (C(OH)–C–C–N with tert-alkyl or cyclic N) is 1. The van der Waals surface area contributed by atoms with Gasteiger partial charge in [0.05, 0.1) is 13.2 Å². The van der Waals surface area contributed by atoms with Crippen LogP contribution in [0, 0.1) is 5.92 Å². The first-order valence-corrected chi connectivity index (χ1v) is 6.15. The number of aliphatic hydroxyl groups excluding tert-OH is 1. The van der Waals surface area contributed by atoms with Gasteiger partial charge < -0.3 is 15.5 Å². The average Bonchev–Trinajstić information content (AvgIpc) is 2.24. The van der Waals surface area contributed by atoms with Gasteiger partial charge in [-0.2, -0.15) is 13.2 Å². The predicted octanol–water partition coefficient (Wildman–Crippen LogP) is 0.296. The number of carboxylic acid groups (broad SMARTS) is 1. The molecule has 5 nitrogen and oxygen atoms in total. The van der Waals surface area contributed by atoms with Gasteiger partial charge in [-0.05, 0) is 12.3 Å². The van der Waals surface area contributed by atoms with Crippen LogP contribution in [0.15, 0.2) is 0 Å². The quantitative estimate of drug-likeness (QED) is 0.654. The molecule has 0 bridgehead atoms. The topological polar surface area (TPSA) is 72.8 Å². The summed E-state index contributed by atoms with van der Waals surface area (Å²) in [4.78, 5) is 12.5. The van der Waals surface area contributed by atoms with Crippen molar-refractivity contribution in [2.24, 2.45) is 5.92 Å². The molecule has 0 aromatic rings. The van der Waals surface area contributed by atoms with Gasteiger partial charge in [-0.1, -0.05) is 0 Å². The molecule has 2 unspecified atom stereocenters. The van der Waals surface area contributed by atoms with E-state index < -0.39 is 24.7 Å². The van der Waals surface area contributed by atoms with Crippen LogP contribution in [0.2, 0.25) is 0 Å². The zero-order valence-corrected chi connectivity index (χ0v) is 10.5. The summed E-state index contributed by atoms with van der Waals surface area (Å²) in [6.07, 6.45) is -3.93. The lowest BCUT2D eigenvalue weighted by Crippen LogP contribution is -2.51. The van der Waals surface area contributed by atoms with Gasteiger partial charge in [-0.15, -0.1) is 0 Å². The second-order valence-electron chi connectivity index (χ2n) is 4.88. The summed E-state index contributed by atoms with van der Waals surface area (Å²) in [5.74, 6) is -1.14. The Balaban J connectivity index is 2.51. The predicted molar refractivity (Wildman–Crippen MR) is 61.7 cm³/mol. The summed E-state index contributed by atoms with van der Waals surface area (Å²) < 4.78 is 36.5. The van der Waals surface area contributed by atoms with Crippen LogP contribution in [-0.4, -0.2) is 66.1 Å². The first-order valence-electron chi connectivity index (χ1n) is 6.15. The van der Waals surface area contributed by atoms with Crippen LogP contribution < -0.4 is 5.32 Å². The van der Waals surface area contributed by atoms with Crippen LogP contribution in [0.5, 0.6) is 0 Å². The Hall–Kier alpha value is -0.860. The molecule has 0 aliphatic carbocycles. The van der Waals surface area contributed by atoms with E-state index in [4.69, 9.17) is 10.2 Å². The van der Waals surface area contributed by atoms with Crippen molar-refractivity contribution in [2.45, 2.75) is 25.1 Å². The van der Waals surface area contributed by atoms with Crippen molar-refractivity contribution in [1.29, 1.82) is 0 Å². The fourth-order valence-corrected chi connectivity index (χ4v) is 2.43. The molecule has 0 aromatic heterocycles. The molecule has 0 radical (unpaired) electrons. The zero-order valence-electron chi connectivity index (χ0n) is 10.5. The van der Waals surface area contributed by atoms with E-state index in [1.165, 1.54) is 0 Å². The van der Waals surface area contributed by atoms with Crippen molar-refractivity contribution in [3.8, 4) is 0 Å². The highest BCUT2D eigenvalue weighted by Crippen LogP contribution is 2.21. The number of carboxylic acids is 1. The first kappa shape index (κ1) is 16.2. The molecule has 3 N–H and O–H groups in total. The van der Waals surface area contributed by atoms with Gasteiger partial charge >= 0.3 is 12.1 Å². The molecule has 0 saturated carbocycles. The third-order valence-electron chi connectivity index (χ3n) is 3.08. The Morgan fingerprint density at radius 3 is 2.58 bits per heavy atom. The highest BCUT2D eigenvalue weighted by Gasteiger charge is 2.32. The Morgan fingerprint density at radius 2 is 2.05 bits per heavy atom. The summed E-state index contributed by atoms with van der Waals surface area (Å²) in [5, 5.41) is 20.0. The first-order chi connectivity index (χ1) is 8.80. The number of carbonyl (C=O) groups is 1. The molecule has 1 heterocycles. The van der Waals surface area contributed by atoms with Gasteiger partial charge in [-0.25, -0.2) is 0 Å². The molecule has 8 heteroatoms. The Bertz CT molecular complexity index is 299. The number of nitrogens with one attached hydrogen (secondary N) is 1. The second kappa shape index (κ2) is 7.06. The van der Waals surface area contributed by atoms with Crippen LogP contribution in [0.3, 0.4) is 0 Å². The largest absolute Gasteiger partial charge is 0.481 e. The molecule has 0 amide bonds. The minimum Gasteiger partial charge on any atom is -0.481 e. The number of halogens is 3. The van der Waals surface area contributed by atoms with Crippen LogP contribution >= 0.6 is 0 Å². The average molecular weight is 284 g/mol. The van der Waals surface area contributed by atoms with Crippen molar-refractivity contribution in [3.05, 3.63) is 0 Å². The summed E-state index contributed by atoms with van der Waals surface area (Å²) >= 11 is 0. The molecule has 1 fully saturated rings. The third kappa shape index (κ3) is 6.74. The van der Waals surface area contributed by atoms with E-state index in [0.29, 0.717) is 26.1 Å². The van der Waals surface area contributed by atoms with Crippen molar-refractivity contribution >= 4 is 5.97 Å². The molecule has 0 spiro atoms. The second-order valence-corrected chi connectivity index (χ2v) is 4.88. The van der Waals surface area contributed by atoms with Crippen molar-refractivity contribution in [3.63, 3.8) is 0 Å². The molecule has 1 saturated heterocycles. The SMILES string of the molecule is O=C(O)CC1CC(NCC(F)(F)F)CN(CCO)C1. The Morgan fingerprint density at radius 1 is 1.37 bits per heavy atom. The minimum atomic E-state index is -4.28. The number of hydrogen-bond acceptors (Lipinski definition) is 4. The van der Waals surface area contributed by atoms with Gasteiger partial charge in [0.15, 0.2) is 0 Å². The minimum absolute atomic E-state index is 0.0634. The van der Waals surface area contributed by atoms with Crippen molar-refractivity contribution in [2.75, 3.05) is 32.8 Å². The van der Waals surface area contributed by atoms with Crippen LogP contribution in [0.4, 0.5) is 13.2 Å². The normalized spacial score (nSPS) is 25.5. The number of alkyl halides is 3. The van der Waals surface area contributed by atoms with E-state index >= 15 is 0 Å². The maximum atomic E-state index is 12.2. The molecule has 0 aromatic carbocycles. The molecule has 2 atom stereocenters. The van der Waals surface area contributed by atoms with Gasteiger partial charge in [0.1, 0.15) is 0 Å². The highest BCUT2D eigenvalue weighted by molar-refractivity contribution is 5.67. The number of aliphatic carboxylic acids is 1. The van der Waals surface area contributed by atoms with Gasteiger partial charge in [0.2, 0.25) is 0 Å². The lowest BCUT2D eigenvalue weighted by atomic mass is 9.91. The molecule has 1 aliphatic heterocycles. The van der Waals surface area contributed by atoms with Gasteiger partial charge in [0.25, 0.3) is 0 Å². The maximum absolute atomic E-state index is 12.2. The number of hydrogen-bond donors (Lipinski definition) is 3. The number of rotatable bonds is 6. The zero-order chi connectivity index (χ0) is 14.5. The Labute approximate surface area is 109 Å². The van der Waals surface area contributed by atoms with Crippen LogP contribution in [0.25, 0.3) is 0 Å². The molecule has 112 valence electrons. The van der Waals surface area contributed by atoms with Crippen LogP contribution in [-0.2, 0) is 4.79 Å². The van der Waals surface area contributed by atoms with Gasteiger partial charge in [-0.3, -0.25) is 9.69 Å². The smallest absolute Gasteiger partial charge is 0.401 e. The number of nitrogens with zero attached hydrogens (tertiary/aromatic N) is 1. The highest BCUT2D eigenvalue weighted by atomic mass is 19.4. The Kier molecular flexibility index (Phi) is 6.02. The standard InChI is InChI=1S/C11H19F3N2O3/c12-11(13,14)7-15-9-3-8(4-10(18)19)5-16(6-9)1-2-17/h8-9,15,17H,1-7H2,(H,18,19).